The van der Waals surface area contributed by atoms with Crippen LogP contribution in [0.1, 0.15) is 0 Å². The molecule has 0 heterocycles. The SMILES string of the molecule is O=P(Oc1ccc(N=Nc2ccccc2)cc1)(Oc1ccc(N=Nc2ccccc2)cc1)c1ccccc1. The first-order chi connectivity index (χ1) is 18.7. The molecular formula is C30H23N4O3P. The summed E-state index contributed by atoms with van der Waals surface area (Å²) in [5.41, 5.74) is 2.78. The fourth-order valence-corrected chi connectivity index (χ4v) is 4.96. The van der Waals surface area contributed by atoms with Gasteiger partial charge in [0, 0.05) is 0 Å². The van der Waals surface area contributed by atoms with Crippen molar-refractivity contribution in [1.82, 2.24) is 0 Å². The first-order valence-electron chi connectivity index (χ1n) is 11.8. The number of azo groups is 2. The highest BCUT2D eigenvalue weighted by Gasteiger charge is 2.31. The lowest BCUT2D eigenvalue weighted by Crippen LogP contribution is -2.14. The third-order valence-corrected chi connectivity index (χ3v) is 7.10. The molecule has 0 aliphatic rings. The van der Waals surface area contributed by atoms with Gasteiger partial charge in [0.05, 0.1) is 28.1 Å². The molecule has 0 bridgehead atoms. The van der Waals surface area contributed by atoms with E-state index in [9.17, 15) is 4.57 Å². The maximum absolute atomic E-state index is 14.0. The summed E-state index contributed by atoms with van der Waals surface area (Å²) in [6.07, 6.45) is 0. The average molecular weight is 519 g/mol. The maximum Gasteiger partial charge on any atom is 0.462 e. The van der Waals surface area contributed by atoms with Crippen LogP contribution in [0.3, 0.4) is 0 Å². The monoisotopic (exact) mass is 518 g/mol. The van der Waals surface area contributed by atoms with Gasteiger partial charge in [-0.2, -0.15) is 20.5 Å². The number of nitrogens with zero attached hydrogens (tertiary/aromatic N) is 4. The molecule has 5 aromatic rings. The van der Waals surface area contributed by atoms with Gasteiger partial charge in [0.15, 0.2) is 0 Å². The molecule has 5 aromatic carbocycles. The maximum atomic E-state index is 14.0. The van der Waals surface area contributed by atoms with E-state index in [-0.39, 0.29) is 0 Å². The van der Waals surface area contributed by atoms with Crippen LogP contribution in [0.15, 0.2) is 160 Å². The zero-order chi connectivity index (χ0) is 26.0. The third-order valence-electron chi connectivity index (χ3n) is 5.27. The first kappa shape index (κ1) is 24.8. The summed E-state index contributed by atoms with van der Waals surface area (Å²) in [6, 6.07) is 41.4. The summed E-state index contributed by atoms with van der Waals surface area (Å²) in [4.78, 5) is 0. The summed E-state index contributed by atoms with van der Waals surface area (Å²) in [5.74, 6) is 0.758. The molecule has 0 unspecified atom stereocenters. The van der Waals surface area contributed by atoms with E-state index in [0.29, 0.717) is 28.2 Å². The highest BCUT2D eigenvalue weighted by atomic mass is 31.2. The fourth-order valence-electron chi connectivity index (χ4n) is 3.38. The molecule has 7 nitrogen and oxygen atoms in total. The van der Waals surface area contributed by atoms with Crippen molar-refractivity contribution < 1.29 is 13.6 Å². The Labute approximate surface area is 220 Å². The van der Waals surface area contributed by atoms with Gasteiger partial charge in [-0.05, 0) is 84.9 Å². The Morgan fingerprint density at radius 3 is 1.08 bits per heavy atom. The predicted molar refractivity (Wildman–Crippen MR) is 149 cm³/mol. The standard InChI is InChI=1S/C30H23N4O3P/c35-38(30-14-8-3-9-15-30,36-28-20-16-26(17-21-28)33-31-24-10-4-1-5-11-24)37-29-22-18-27(19-23-29)34-32-25-12-6-2-7-13-25/h1-23H. The molecule has 0 aliphatic heterocycles. The molecule has 5 rings (SSSR count). The van der Waals surface area contributed by atoms with Crippen molar-refractivity contribution in [2.24, 2.45) is 20.5 Å². The van der Waals surface area contributed by atoms with Crippen LogP contribution < -0.4 is 14.4 Å². The van der Waals surface area contributed by atoms with Crippen LogP contribution >= 0.6 is 7.60 Å². The van der Waals surface area contributed by atoms with E-state index in [1.165, 1.54) is 0 Å². The topological polar surface area (TPSA) is 85.0 Å². The minimum atomic E-state index is -3.78. The van der Waals surface area contributed by atoms with Gasteiger partial charge in [-0.15, -0.1) is 0 Å². The van der Waals surface area contributed by atoms with Gasteiger partial charge in [-0.1, -0.05) is 54.6 Å². The summed E-state index contributed by atoms with van der Waals surface area (Å²) in [7, 11) is -3.78. The highest BCUT2D eigenvalue weighted by molar-refractivity contribution is 7.63. The second kappa shape index (κ2) is 11.9. The quantitative estimate of drug-likeness (QED) is 0.144. The van der Waals surface area contributed by atoms with Crippen molar-refractivity contribution in [2.45, 2.75) is 0 Å². The summed E-state index contributed by atoms with van der Waals surface area (Å²) < 4.78 is 25.9. The van der Waals surface area contributed by atoms with Gasteiger partial charge in [-0.25, -0.2) is 4.57 Å². The lowest BCUT2D eigenvalue weighted by molar-refractivity contribution is 0.399. The van der Waals surface area contributed by atoms with Gasteiger partial charge in [-0.3, -0.25) is 0 Å². The minimum Gasteiger partial charge on any atom is -0.413 e. The minimum absolute atomic E-state index is 0.379. The Balaban J connectivity index is 1.32. The summed E-state index contributed by atoms with van der Waals surface area (Å²) >= 11 is 0. The van der Waals surface area contributed by atoms with Crippen molar-refractivity contribution in [1.29, 1.82) is 0 Å². The van der Waals surface area contributed by atoms with Crippen LogP contribution in [0.5, 0.6) is 11.5 Å². The lowest BCUT2D eigenvalue weighted by atomic mass is 10.3. The molecule has 0 aromatic heterocycles. The van der Waals surface area contributed by atoms with Gasteiger partial charge < -0.3 is 9.05 Å². The molecule has 186 valence electrons. The van der Waals surface area contributed by atoms with E-state index >= 15 is 0 Å². The van der Waals surface area contributed by atoms with E-state index in [4.69, 9.17) is 9.05 Å². The van der Waals surface area contributed by atoms with Gasteiger partial charge in [0.2, 0.25) is 0 Å². The van der Waals surface area contributed by atoms with Crippen molar-refractivity contribution in [2.75, 3.05) is 0 Å². The van der Waals surface area contributed by atoms with Crippen molar-refractivity contribution in [3.8, 4) is 11.5 Å². The van der Waals surface area contributed by atoms with Gasteiger partial charge >= 0.3 is 7.60 Å². The number of benzene rings is 5. The van der Waals surface area contributed by atoms with Crippen LogP contribution in [0.4, 0.5) is 22.7 Å². The molecule has 8 heteroatoms. The van der Waals surface area contributed by atoms with Crippen LogP contribution in [0, 0.1) is 0 Å². The molecule has 38 heavy (non-hydrogen) atoms. The van der Waals surface area contributed by atoms with Crippen LogP contribution in [0.2, 0.25) is 0 Å². The zero-order valence-electron chi connectivity index (χ0n) is 20.2. The van der Waals surface area contributed by atoms with Crippen LogP contribution in [0.25, 0.3) is 0 Å². The Kier molecular flexibility index (Phi) is 7.78. The molecular weight excluding hydrogens is 495 g/mol. The largest absolute Gasteiger partial charge is 0.462 e. The van der Waals surface area contributed by atoms with E-state index in [0.717, 1.165) is 11.4 Å². The van der Waals surface area contributed by atoms with E-state index in [2.05, 4.69) is 20.5 Å². The Bertz CT molecular complexity index is 1460. The fraction of sp³-hybridized carbons (Fsp3) is 0. The summed E-state index contributed by atoms with van der Waals surface area (Å²) in [5, 5.41) is 17.3. The second-order valence-electron chi connectivity index (χ2n) is 8.07. The molecule has 0 atom stereocenters. The van der Waals surface area contributed by atoms with Crippen LogP contribution in [-0.4, -0.2) is 0 Å². The second-order valence-corrected chi connectivity index (χ2v) is 9.95. The Hall–Kier alpha value is -4.87. The number of hydrogen-bond donors (Lipinski definition) is 0. The third kappa shape index (κ3) is 6.66. The van der Waals surface area contributed by atoms with E-state index in [1.807, 2.05) is 66.7 Å². The molecule has 0 spiro atoms. The Morgan fingerprint density at radius 2 is 0.711 bits per heavy atom. The smallest absolute Gasteiger partial charge is 0.413 e. The molecule has 0 saturated carbocycles. The van der Waals surface area contributed by atoms with E-state index < -0.39 is 7.60 Å². The van der Waals surface area contributed by atoms with Crippen LogP contribution in [-0.2, 0) is 4.57 Å². The molecule has 0 amide bonds. The molecule has 0 fully saturated rings. The predicted octanol–water partition coefficient (Wildman–Crippen LogP) is 9.49. The van der Waals surface area contributed by atoms with Gasteiger partial charge in [0.25, 0.3) is 0 Å². The van der Waals surface area contributed by atoms with Gasteiger partial charge in [0.1, 0.15) is 11.5 Å². The first-order valence-corrected chi connectivity index (χ1v) is 13.4. The van der Waals surface area contributed by atoms with Crippen molar-refractivity contribution in [3.63, 3.8) is 0 Å². The molecule has 0 N–H and O–H groups in total. The average Bonchev–Trinajstić information content (AvgIpc) is 2.98. The van der Waals surface area contributed by atoms with E-state index in [1.54, 1.807) is 72.8 Å². The Morgan fingerprint density at radius 1 is 0.395 bits per heavy atom. The van der Waals surface area contributed by atoms with Crippen molar-refractivity contribution in [3.05, 3.63) is 140 Å². The van der Waals surface area contributed by atoms with Crippen molar-refractivity contribution >= 4 is 35.6 Å². The normalized spacial score (nSPS) is 12.8. The summed E-state index contributed by atoms with van der Waals surface area (Å²) in [6.45, 7) is 0. The molecule has 0 aliphatic carbocycles. The highest BCUT2D eigenvalue weighted by Crippen LogP contribution is 2.48. The number of hydrogen-bond acceptors (Lipinski definition) is 7. The molecule has 0 radical (unpaired) electrons. The lowest BCUT2D eigenvalue weighted by Gasteiger charge is -2.20. The zero-order valence-corrected chi connectivity index (χ0v) is 21.1. The molecule has 0 saturated heterocycles. The number of rotatable bonds is 9.